The molecule has 10 heteroatoms. The number of halogens is 1. The van der Waals surface area contributed by atoms with Crippen LogP contribution in [-0.4, -0.2) is 74.6 Å². The molecule has 3 amide bonds. The Bertz CT molecular complexity index is 1360. The van der Waals surface area contributed by atoms with E-state index in [-0.39, 0.29) is 37.2 Å². The van der Waals surface area contributed by atoms with E-state index < -0.39 is 17.8 Å². The van der Waals surface area contributed by atoms with E-state index in [1.165, 1.54) is 4.90 Å². The van der Waals surface area contributed by atoms with Crippen molar-refractivity contribution in [2.75, 3.05) is 26.2 Å². The Hall–Kier alpha value is -4.02. The number of piperidine rings is 1. The number of piperazine rings is 1. The Morgan fingerprint density at radius 2 is 1.62 bits per heavy atom. The molecule has 2 fully saturated rings. The van der Waals surface area contributed by atoms with Crippen LogP contribution in [-0.2, 0) is 22.7 Å². The summed E-state index contributed by atoms with van der Waals surface area (Å²) in [7, 11) is 0. The molecule has 0 aliphatic carbocycles. The average molecular weight is 529 g/mol. The molecule has 1 N–H and O–H groups in total. The molecular formula is C29H29FN6O3. The summed E-state index contributed by atoms with van der Waals surface area (Å²) in [6, 6.07) is 14.3. The van der Waals surface area contributed by atoms with E-state index in [4.69, 9.17) is 0 Å². The fourth-order valence-corrected chi connectivity index (χ4v) is 5.80. The van der Waals surface area contributed by atoms with Crippen LogP contribution >= 0.6 is 0 Å². The van der Waals surface area contributed by atoms with Crippen LogP contribution in [0.25, 0.3) is 0 Å². The number of nitrogens with zero attached hydrogens (tertiary/aromatic N) is 5. The molecule has 5 heterocycles. The Labute approximate surface area is 225 Å². The summed E-state index contributed by atoms with van der Waals surface area (Å²) >= 11 is 0. The average Bonchev–Trinajstić information content (AvgIpc) is 3.29. The zero-order chi connectivity index (χ0) is 26.9. The minimum atomic E-state index is -0.760. The van der Waals surface area contributed by atoms with E-state index in [0.717, 1.165) is 37.6 Å². The summed E-state index contributed by atoms with van der Waals surface area (Å²) < 4.78 is 15.7. The molecule has 0 saturated carbocycles. The van der Waals surface area contributed by atoms with Gasteiger partial charge in [0.15, 0.2) is 0 Å². The van der Waals surface area contributed by atoms with Crippen molar-refractivity contribution in [1.82, 2.24) is 30.0 Å². The minimum Gasteiger partial charge on any atom is -0.322 e. The second-order valence-corrected chi connectivity index (χ2v) is 10.2. The van der Waals surface area contributed by atoms with Gasteiger partial charge in [0, 0.05) is 68.2 Å². The molecule has 200 valence electrons. The smallest absolute Gasteiger partial charge is 0.255 e. The third-order valence-corrected chi connectivity index (χ3v) is 7.83. The zero-order valence-electron chi connectivity index (χ0n) is 21.4. The van der Waals surface area contributed by atoms with Crippen molar-refractivity contribution in [2.45, 2.75) is 38.0 Å². The predicted molar refractivity (Wildman–Crippen MR) is 140 cm³/mol. The van der Waals surface area contributed by atoms with E-state index in [1.54, 1.807) is 24.5 Å². The van der Waals surface area contributed by atoms with Gasteiger partial charge in [-0.15, -0.1) is 0 Å². The molecule has 2 aromatic heterocycles. The van der Waals surface area contributed by atoms with Crippen molar-refractivity contribution in [1.29, 1.82) is 0 Å². The van der Waals surface area contributed by atoms with E-state index in [1.807, 2.05) is 36.4 Å². The first-order chi connectivity index (χ1) is 19.0. The molecule has 3 aliphatic heterocycles. The molecule has 0 bridgehead atoms. The number of fused-ring (bicyclic) bond motifs is 1. The largest absolute Gasteiger partial charge is 0.322 e. The highest BCUT2D eigenvalue weighted by molar-refractivity contribution is 6.05. The van der Waals surface area contributed by atoms with Crippen molar-refractivity contribution in [3.8, 4) is 0 Å². The Balaban J connectivity index is 1.14. The molecule has 39 heavy (non-hydrogen) atoms. The van der Waals surface area contributed by atoms with Crippen LogP contribution in [0.4, 0.5) is 4.39 Å². The summed E-state index contributed by atoms with van der Waals surface area (Å²) in [6.45, 7) is 3.49. The number of imide groups is 1. The zero-order valence-corrected chi connectivity index (χ0v) is 21.4. The standard InChI is InChI=1S/C29H29FN6O3/c30-26-19(7-8-20-21(26)18-36(29(20)39)24-9-10-25(37)33-28(24)38)17-34-13-15-35(16-14-34)27(22-5-1-3-11-31-22)23-6-2-4-12-32-23/h1-8,11-12,24,27H,9-10,13-18H2,(H,33,37,38). The lowest BCUT2D eigenvalue weighted by Gasteiger charge is -2.39. The number of rotatable bonds is 6. The lowest BCUT2D eigenvalue weighted by molar-refractivity contribution is -0.136. The summed E-state index contributed by atoms with van der Waals surface area (Å²) in [6.07, 6.45) is 4.01. The SMILES string of the molecule is O=C1CCC(N2Cc3c(ccc(CN4CCN(C(c5ccccn5)c5ccccn5)CC4)c3F)C2=O)C(=O)N1. The van der Waals surface area contributed by atoms with Crippen LogP contribution < -0.4 is 5.32 Å². The van der Waals surface area contributed by atoms with Gasteiger partial charge in [0.25, 0.3) is 5.91 Å². The number of benzene rings is 1. The maximum Gasteiger partial charge on any atom is 0.255 e. The van der Waals surface area contributed by atoms with Crippen molar-refractivity contribution in [3.63, 3.8) is 0 Å². The van der Waals surface area contributed by atoms with Gasteiger partial charge in [-0.1, -0.05) is 18.2 Å². The normalized spacial score (nSPS) is 20.4. The fourth-order valence-electron chi connectivity index (χ4n) is 5.80. The van der Waals surface area contributed by atoms with Gasteiger partial charge in [-0.25, -0.2) is 4.39 Å². The Kier molecular flexibility index (Phi) is 6.88. The quantitative estimate of drug-likeness (QED) is 0.490. The lowest BCUT2D eigenvalue weighted by Crippen LogP contribution is -2.52. The summed E-state index contributed by atoms with van der Waals surface area (Å²) in [5.74, 6) is -1.60. The van der Waals surface area contributed by atoms with Crippen molar-refractivity contribution >= 4 is 17.7 Å². The summed E-state index contributed by atoms with van der Waals surface area (Å²) in [5.41, 5.74) is 3.04. The third-order valence-electron chi connectivity index (χ3n) is 7.83. The Morgan fingerprint density at radius 1 is 0.923 bits per heavy atom. The molecule has 1 unspecified atom stereocenters. The summed E-state index contributed by atoms with van der Waals surface area (Å²) in [5, 5.41) is 2.28. The van der Waals surface area contributed by atoms with Crippen LogP contribution in [0.5, 0.6) is 0 Å². The highest BCUT2D eigenvalue weighted by Crippen LogP contribution is 2.32. The maximum atomic E-state index is 15.7. The van der Waals surface area contributed by atoms with Gasteiger partial charge in [-0.05, 0) is 36.8 Å². The number of pyridine rings is 2. The molecule has 0 spiro atoms. The second kappa shape index (κ2) is 10.6. The molecule has 6 rings (SSSR count). The molecule has 0 radical (unpaired) electrons. The number of carbonyl (C=O) groups excluding carboxylic acids is 3. The van der Waals surface area contributed by atoms with Gasteiger partial charge >= 0.3 is 0 Å². The van der Waals surface area contributed by atoms with Gasteiger partial charge in [-0.3, -0.25) is 39.5 Å². The fraction of sp³-hybridized carbons (Fsp3) is 0.345. The van der Waals surface area contributed by atoms with Gasteiger partial charge < -0.3 is 4.90 Å². The molecule has 3 aromatic rings. The van der Waals surface area contributed by atoms with Crippen molar-refractivity contribution in [2.24, 2.45) is 0 Å². The molecule has 3 aliphatic rings. The molecule has 2 saturated heterocycles. The van der Waals surface area contributed by atoms with Gasteiger partial charge in [0.05, 0.1) is 24.0 Å². The van der Waals surface area contributed by atoms with Crippen LogP contribution in [0.3, 0.4) is 0 Å². The highest BCUT2D eigenvalue weighted by atomic mass is 19.1. The lowest BCUT2D eigenvalue weighted by atomic mass is 10.0. The van der Waals surface area contributed by atoms with E-state index in [2.05, 4.69) is 25.1 Å². The van der Waals surface area contributed by atoms with Crippen LogP contribution in [0.1, 0.15) is 51.8 Å². The van der Waals surface area contributed by atoms with Gasteiger partial charge in [-0.2, -0.15) is 0 Å². The maximum absolute atomic E-state index is 15.7. The number of amides is 3. The van der Waals surface area contributed by atoms with Crippen molar-refractivity contribution < 1.29 is 18.8 Å². The number of hydrogen-bond donors (Lipinski definition) is 1. The van der Waals surface area contributed by atoms with E-state index in [0.29, 0.717) is 23.2 Å². The first-order valence-electron chi connectivity index (χ1n) is 13.2. The summed E-state index contributed by atoms with van der Waals surface area (Å²) in [4.78, 5) is 52.0. The Morgan fingerprint density at radius 3 is 2.23 bits per heavy atom. The van der Waals surface area contributed by atoms with E-state index in [9.17, 15) is 14.4 Å². The third kappa shape index (κ3) is 4.93. The van der Waals surface area contributed by atoms with Gasteiger partial charge in [0.2, 0.25) is 11.8 Å². The molecular weight excluding hydrogens is 499 g/mol. The monoisotopic (exact) mass is 528 g/mol. The molecule has 9 nitrogen and oxygen atoms in total. The second-order valence-electron chi connectivity index (χ2n) is 10.2. The van der Waals surface area contributed by atoms with E-state index >= 15 is 4.39 Å². The number of nitrogens with one attached hydrogen (secondary N) is 1. The minimum absolute atomic E-state index is 0.0315. The van der Waals surface area contributed by atoms with Crippen LogP contribution in [0, 0.1) is 5.82 Å². The van der Waals surface area contributed by atoms with Gasteiger partial charge in [0.1, 0.15) is 11.9 Å². The molecule has 1 atom stereocenters. The number of hydrogen-bond acceptors (Lipinski definition) is 7. The predicted octanol–water partition coefficient (Wildman–Crippen LogP) is 2.28. The van der Waals surface area contributed by atoms with Crippen molar-refractivity contribution in [3.05, 3.63) is 94.8 Å². The first kappa shape index (κ1) is 25.3. The topological polar surface area (TPSA) is 98.7 Å². The van der Waals surface area contributed by atoms with Crippen LogP contribution in [0.15, 0.2) is 60.9 Å². The first-order valence-corrected chi connectivity index (χ1v) is 13.2. The molecule has 1 aromatic carbocycles. The highest BCUT2D eigenvalue weighted by Gasteiger charge is 2.40. The van der Waals surface area contributed by atoms with Crippen LogP contribution in [0.2, 0.25) is 0 Å². The number of aromatic nitrogens is 2. The number of carbonyl (C=O) groups is 3.